The molecule has 0 N–H and O–H groups in total. The van der Waals surface area contributed by atoms with Crippen LogP contribution in [0.5, 0.6) is 0 Å². The van der Waals surface area contributed by atoms with E-state index in [-0.39, 0.29) is 5.91 Å². The van der Waals surface area contributed by atoms with Crippen LogP contribution in [0.2, 0.25) is 0 Å². The average Bonchev–Trinajstić information content (AvgIpc) is 2.72. The van der Waals surface area contributed by atoms with Gasteiger partial charge in [0.25, 0.3) is 5.91 Å². The zero-order valence-corrected chi connectivity index (χ0v) is 15.0. The molecule has 0 saturated carbocycles. The highest BCUT2D eigenvalue weighted by Gasteiger charge is 2.22. The molecule has 1 fully saturated rings. The summed E-state index contributed by atoms with van der Waals surface area (Å²) in [6, 6.07) is 12.2. The molecular weight excluding hydrogens is 328 g/mol. The van der Waals surface area contributed by atoms with E-state index in [1.807, 2.05) is 24.3 Å². The average molecular weight is 352 g/mol. The van der Waals surface area contributed by atoms with Crippen LogP contribution in [0.25, 0.3) is 0 Å². The number of hydrogen-bond acceptors (Lipinski definition) is 4. The molecule has 2 heterocycles. The normalized spacial score (nSPS) is 14.2. The Balaban J connectivity index is 1.72. The molecule has 0 unspecified atom stereocenters. The van der Waals surface area contributed by atoms with Gasteiger partial charge in [0.15, 0.2) is 0 Å². The topological polar surface area (TPSA) is 56.8 Å². The Hall–Kier alpha value is -2.89. The Morgan fingerprint density at radius 3 is 2.54 bits per heavy atom. The molecular formula is C20H24N4O2. The summed E-state index contributed by atoms with van der Waals surface area (Å²) in [5.41, 5.74) is 2.75. The van der Waals surface area contributed by atoms with E-state index in [0.29, 0.717) is 31.7 Å². The number of amides is 2. The van der Waals surface area contributed by atoms with Gasteiger partial charge in [-0.3, -0.25) is 14.6 Å². The molecule has 2 amide bonds. The van der Waals surface area contributed by atoms with Gasteiger partial charge in [-0.15, -0.1) is 0 Å². The fraction of sp³-hybridized carbons (Fsp3) is 0.350. The van der Waals surface area contributed by atoms with Gasteiger partial charge in [-0.1, -0.05) is 30.3 Å². The van der Waals surface area contributed by atoms with Gasteiger partial charge < -0.3 is 14.7 Å². The molecule has 0 aliphatic carbocycles. The number of piperazine rings is 1. The van der Waals surface area contributed by atoms with Crippen molar-refractivity contribution in [1.82, 2.24) is 14.8 Å². The largest absolute Gasteiger partial charge is 0.366 e. The van der Waals surface area contributed by atoms with Crippen LogP contribution >= 0.6 is 0 Å². The number of anilines is 1. The van der Waals surface area contributed by atoms with Crippen molar-refractivity contribution in [2.24, 2.45) is 0 Å². The van der Waals surface area contributed by atoms with Crippen LogP contribution in [0.4, 0.5) is 5.69 Å². The maximum atomic E-state index is 12.8. The van der Waals surface area contributed by atoms with E-state index in [1.165, 1.54) is 5.56 Å². The summed E-state index contributed by atoms with van der Waals surface area (Å²) in [7, 11) is 0. The maximum absolute atomic E-state index is 12.8. The first-order chi connectivity index (χ1) is 12.7. The molecule has 3 rings (SSSR count). The lowest BCUT2D eigenvalue weighted by Gasteiger charge is -2.32. The van der Waals surface area contributed by atoms with E-state index >= 15 is 0 Å². The second-order valence-corrected chi connectivity index (χ2v) is 6.37. The number of rotatable bonds is 6. The quantitative estimate of drug-likeness (QED) is 0.747. The van der Waals surface area contributed by atoms with Gasteiger partial charge in [0.1, 0.15) is 0 Å². The van der Waals surface area contributed by atoms with E-state index in [9.17, 15) is 9.59 Å². The van der Waals surface area contributed by atoms with E-state index in [4.69, 9.17) is 0 Å². The third-order valence-electron chi connectivity index (χ3n) is 4.68. The van der Waals surface area contributed by atoms with Gasteiger partial charge >= 0.3 is 0 Å². The van der Waals surface area contributed by atoms with Gasteiger partial charge in [-0.05, 0) is 18.6 Å². The van der Waals surface area contributed by atoms with Crippen molar-refractivity contribution < 1.29 is 9.59 Å². The zero-order valence-electron chi connectivity index (χ0n) is 15.0. The highest BCUT2D eigenvalue weighted by Crippen LogP contribution is 2.19. The van der Waals surface area contributed by atoms with Gasteiger partial charge in [-0.25, -0.2) is 0 Å². The second-order valence-electron chi connectivity index (χ2n) is 6.37. The summed E-state index contributed by atoms with van der Waals surface area (Å²) < 4.78 is 0. The van der Waals surface area contributed by atoms with E-state index in [2.05, 4.69) is 28.9 Å². The molecule has 1 aromatic heterocycles. The van der Waals surface area contributed by atoms with Gasteiger partial charge in [0, 0.05) is 45.5 Å². The van der Waals surface area contributed by atoms with Gasteiger partial charge in [0.05, 0.1) is 17.4 Å². The third kappa shape index (κ3) is 4.20. The predicted octanol–water partition coefficient (Wildman–Crippen LogP) is 2.02. The SMILES string of the molecule is CCN(Cc1ccccc1)c1cncc(C(=O)N2CCN(C=O)CC2)c1. The molecule has 0 spiro atoms. The number of carbonyl (C=O) groups excluding carboxylic acids is 2. The van der Waals surface area contributed by atoms with Crippen LogP contribution in [-0.2, 0) is 11.3 Å². The Morgan fingerprint density at radius 2 is 1.88 bits per heavy atom. The highest BCUT2D eigenvalue weighted by atomic mass is 16.2. The Kier molecular flexibility index (Phi) is 5.84. The fourth-order valence-electron chi connectivity index (χ4n) is 3.12. The van der Waals surface area contributed by atoms with Gasteiger partial charge in [-0.2, -0.15) is 0 Å². The summed E-state index contributed by atoms with van der Waals surface area (Å²) in [4.78, 5) is 33.6. The molecule has 1 aliphatic rings. The van der Waals surface area contributed by atoms with E-state index in [1.54, 1.807) is 22.2 Å². The van der Waals surface area contributed by atoms with Crippen LogP contribution < -0.4 is 4.90 Å². The lowest BCUT2D eigenvalue weighted by Crippen LogP contribution is -2.48. The zero-order chi connectivity index (χ0) is 18.4. The molecule has 2 aromatic rings. The van der Waals surface area contributed by atoms with Crippen LogP contribution in [0.15, 0.2) is 48.8 Å². The smallest absolute Gasteiger partial charge is 0.255 e. The van der Waals surface area contributed by atoms with Crippen LogP contribution in [0.1, 0.15) is 22.8 Å². The molecule has 1 aromatic carbocycles. The van der Waals surface area contributed by atoms with Crippen molar-refractivity contribution >= 4 is 18.0 Å². The lowest BCUT2D eigenvalue weighted by molar-refractivity contribution is -0.119. The van der Waals surface area contributed by atoms with Crippen molar-refractivity contribution in [1.29, 1.82) is 0 Å². The maximum Gasteiger partial charge on any atom is 0.255 e. The number of aromatic nitrogens is 1. The number of benzene rings is 1. The number of hydrogen-bond donors (Lipinski definition) is 0. The first-order valence-electron chi connectivity index (χ1n) is 8.94. The summed E-state index contributed by atoms with van der Waals surface area (Å²) in [6.07, 6.45) is 4.26. The molecule has 0 bridgehead atoms. The van der Waals surface area contributed by atoms with Crippen molar-refractivity contribution in [2.45, 2.75) is 13.5 Å². The third-order valence-corrected chi connectivity index (χ3v) is 4.68. The Morgan fingerprint density at radius 1 is 1.15 bits per heavy atom. The predicted molar refractivity (Wildman–Crippen MR) is 101 cm³/mol. The van der Waals surface area contributed by atoms with E-state index < -0.39 is 0 Å². The minimum absolute atomic E-state index is 0.0272. The number of carbonyl (C=O) groups is 2. The number of pyridine rings is 1. The molecule has 1 saturated heterocycles. The molecule has 26 heavy (non-hydrogen) atoms. The first-order valence-corrected chi connectivity index (χ1v) is 8.94. The minimum Gasteiger partial charge on any atom is -0.366 e. The molecule has 0 radical (unpaired) electrons. The molecule has 0 atom stereocenters. The van der Waals surface area contributed by atoms with Crippen molar-refractivity contribution in [3.63, 3.8) is 0 Å². The summed E-state index contributed by atoms with van der Waals surface area (Å²) in [5.74, 6) is -0.0272. The van der Waals surface area contributed by atoms with Crippen LogP contribution in [0, 0.1) is 0 Å². The summed E-state index contributed by atoms with van der Waals surface area (Å²) in [5, 5.41) is 0. The molecule has 136 valence electrons. The van der Waals surface area contributed by atoms with Crippen molar-refractivity contribution in [3.8, 4) is 0 Å². The Bertz CT molecular complexity index is 742. The molecule has 1 aliphatic heterocycles. The van der Waals surface area contributed by atoms with E-state index in [0.717, 1.165) is 25.2 Å². The minimum atomic E-state index is -0.0272. The second kappa shape index (κ2) is 8.47. The van der Waals surface area contributed by atoms with Gasteiger partial charge in [0.2, 0.25) is 6.41 Å². The first kappa shape index (κ1) is 17.9. The summed E-state index contributed by atoms with van der Waals surface area (Å²) >= 11 is 0. The monoisotopic (exact) mass is 352 g/mol. The van der Waals surface area contributed by atoms with Crippen molar-refractivity contribution in [2.75, 3.05) is 37.6 Å². The lowest BCUT2D eigenvalue weighted by atomic mass is 10.1. The molecule has 6 heteroatoms. The summed E-state index contributed by atoms with van der Waals surface area (Å²) in [6.45, 7) is 5.97. The van der Waals surface area contributed by atoms with Crippen LogP contribution in [-0.4, -0.2) is 59.8 Å². The van der Waals surface area contributed by atoms with Crippen molar-refractivity contribution in [3.05, 3.63) is 59.9 Å². The molecule has 6 nitrogen and oxygen atoms in total. The highest BCUT2D eigenvalue weighted by molar-refractivity contribution is 5.95. The fourth-order valence-corrected chi connectivity index (χ4v) is 3.12. The standard InChI is InChI=1S/C20H24N4O2/c1-2-23(15-17-6-4-3-5-7-17)19-12-18(13-21-14-19)20(26)24-10-8-22(16-25)9-11-24/h3-7,12-14,16H,2,8-11,15H2,1H3. The van der Waals surface area contributed by atoms with Crippen LogP contribution in [0.3, 0.4) is 0 Å². The number of nitrogens with zero attached hydrogens (tertiary/aromatic N) is 4. The Labute approximate surface area is 154 Å².